The molecule has 0 radical (unpaired) electrons. The minimum atomic E-state index is -1.16. The molecule has 1 aliphatic rings. The highest BCUT2D eigenvalue weighted by Crippen LogP contribution is 2.19. The van der Waals surface area contributed by atoms with Crippen molar-refractivity contribution in [3.8, 4) is 0 Å². The lowest BCUT2D eigenvalue weighted by Gasteiger charge is -2.27. The number of urea groups is 1. The number of nitrogens with zero attached hydrogens (tertiary/aromatic N) is 3. The molecule has 2 N–H and O–H groups in total. The van der Waals surface area contributed by atoms with E-state index in [-0.39, 0.29) is 25.4 Å². The van der Waals surface area contributed by atoms with Gasteiger partial charge in [-0.3, -0.25) is 4.79 Å². The Morgan fingerprint density at radius 2 is 1.84 bits per heavy atom. The fourth-order valence-corrected chi connectivity index (χ4v) is 1.89. The van der Waals surface area contributed by atoms with Crippen LogP contribution in [0.25, 0.3) is 0 Å². The molecule has 1 heterocycles. The van der Waals surface area contributed by atoms with Crippen molar-refractivity contribution in [2.24, 2.45) is 0 Å². The number of hydrogen-bond donors (Lipinski definition) is 2. The molecule has 0 aromatic carbocycles. The van der Waals surface area contributed by atoms with Crippen LogP contribution < -0.4 is 0 Å². The number of aliphatic carboxylic acids is 1. The van der Waals surface area contributed by atoms with Gasteiger partial charge in [-0.1, -0.05) is 0 Å². The number of aliphatic hydroxyl groups excluding tert-OH is 1. The standard InChI is InChI=1S/C11H19N3O5/c1-12(2)9(16)6-13(3)11(19)14-5-7(15)4-8(14)10(17)18/h7-8,15H,4-6H2,1-3H3,(H,17,18)/t7-,8+/m1/s1. The summed E-state index contributed by atoms with van der Waals surface area (Å²) in [7, 11) is 4.56. The number of carboxylic acid groups (broad SMARTS) is 1. The molecule has 1 rings (SSSR count). The minimum absolute atomic E-state index is 0.0105. The fraction of sp³-hybridized carbons (Fsp3) is 0.727. The molecule has 1 saturated heterocycles. The molecular formula is C11H19N3O5. The van der Waals surface area contributed by atoms with Crippen molar-refractivity contribution in [2.45, 2.75) is 18.6 Å². The zero-order valence-electron chi connectivity index (χ0n) is 11.2. The maximum Gasteiger partial charge on any atom is 0.326 e. The Morgan fingerprint density at radius 3 is 2.32 bits per heavy atom. The number of aliphatic hydroxyl groups is 1. The Bertz CT molecular complexity index is 385. The predicted octanol–water partition coefficient (Wildman–Crippen LogP) is -1.35. The van der Waals surface area contributed by atoms with Crippen LogP contribution in [0.2, 0.25) is 0 Å². The summed E-state index contributed by atoms with van der Waals surface area (Å²) in [6, 6.07) is -1.61. The molecule has 108 valence electrons. The van der Waals surface area contributed by atoms with E-state index in [1.807, 2.05) is 0 Å². The van der Waals surface area contributed by atoms with Crippen LogP contribution in [0.3, 0.4) is 0 Å². The number of carboxylic acids is 1. The third-order valence-electron chi connectivity index (χ3n) is 3.01. The first-order chi connectivity index (χ1) is 8.73. The average molecular weight is 273 g/mol. The van der Waals surface area contributed by atoms with Gasteiger partial charge in [0.15, 0.2) is 0 Å². The molecule has 19 heavy (non-hydrogen) atoms. The van der Waals surface area contributed by atoms with Crippen LogP contribution in [0, 0.1) is 0 Å². The first-order valence-electron chi connectivity index (χ1n) is 5.86. The summed E-state index contributed by atoms with van der Waals surface area (Å²) in [6.45, 7) is -0.166. The molecule has 8 heteroatoms. The molecular weight excluding hydrogens is 254 g/mol. The molecule has 1 fully saturated rings. The van der Waals surface area contributed by atoms with Gasteiger partial charge in [0.2, 0.25) is 5.91 Å². The second-order valence-corrected chi connectivity index (χ2v) is 4.82. The van der Waals surface area contributed by atoms with Gasteiger partial charge in [0.25, 0.3) is 0 Å². The van der Waals surface area contributed by atoms with Gasteiger partial charge < -0.3 is 24.9 Å². The largest absolute Gasteiger partial charge is 0.480 e. The highest BCUT2D eigenvalue weighted by molar-refractivity contribution is 5.87. The molecule has 0 aromatic rings. The van der Waals surface area contributed by atoms with Crippen LogP contribution in [0.4, 0.5) is 4.79 Å². The van der Waals surface area contributed by atoms with Crippen LogP contribution in [0.5, 0.6) is 0 Å². The van der Waals surface area contributed by atoms with E-state index in [9.17, 15) is 19.5 Å². The summed E-state index contributed by atoms with van der Waals surface area (Å²) in [6.07, 6.45) is -0.834. The van der Waals surface area contributed by atoms with Crippen LogP contribution >= 0.6 is 0 Å². The Kier molecular flexibility index (Phi) is 4.71. The van der Waals surface area contributed by atoms with E-state index in [2.05, 4.69) is 0 Å². The first kappa shape index (κ1) is 15.2. The summed E-state index contributed by atoms with van der Waals surface area (Å²) < 4.78 is 0. The van der Waals surface area contributed by atoms with Crippen molar-refractivity contribution in [1.29, 1.82) is 0 Å². The first-order valence-corrected chi connectivity index (χ1v) is 5.86. The Labute approximate surface area is 111 Å². The van der Waals surface area contributed by atoms with E-state index < -0.39 is 24.1 Å². The van der Waals surface area contributed by atoms with Gasteiger partial charge in [-0.15, -0.1) is 0 Å². The van der Waals surface area contributed by atoms with Gasteiger partial charge in [-0.2, -0.15) is 0 Å². The SMILES string of the molecule is CN(C)C(=O)CN(C)C(=O)N1C[C@H](O)C[C@H]1C(=O)O. The van der Waals surface area contributed by atoms with Crippen molar-refractivity contribution >= 4 is 17.9 Å². The summed E-state index contributed by atoms with van der Waals surface area (Å²) >= 11 is 0. The van der Waals surface area contributed by atoms with Crippen LogP contribution in [-0.2, 0) is 9.59 Å². The van der Waals surface area contributed by atoms with Crippen molar-refractivity contribution in [1.82, 2.24) is 14.7 Å². The predicted molar refractivity (Wildman–Crippen MR) is 65.5 cm³/mol. The topological polar surface area (TPSA) is 101 Å². The number of amides is 3. The van der Waals surface area contributed by atoms with Gasteiger partial charge in [-0.05, 0) is 0 Å². The van der Waals surface area contributed by atoms with E-state index in [0.29, 0.717) is 0 Å². The van der Waals surface area contributed by atoms with Crippen LogP contribution in [-0.4, -0.2) is 89.2 Å². The molecule has 8 nitrogen and oxygen atoms in total. The normalized spacial score (nSPS) is 22.2. The van der Waals surface area contributed by atoms with E-state index >= 15 is 0 Å². The summed E-state index contributed by atoms with van der Waals surface area (Å²) in [5, 5.41) is 18.5. The molecule has 0 saturated carbocycles. The molecule has 0 aromatic heterocycles. The second kappa shape index (κ2) is 5.87. The summed E-state index contributed by atoms with van der Waals surface area (Å²) in [5.74, 6) is -1.42. The minimum Gasteiger partial charge on any atom is -0.480 e. The monoisotopic (exact) mass is 273 g/mol. The van der Waals surface area contributed by atoms with Crippen molar-refractivity contribution in [3.63, 3.8) is 0 Å². The number of carbonyl (C=O) groups is 3. The number of hydrogen-bond acceptors (Lipinski definition) is 4. The Balaban J connectivity index is 2.70. The third-order valence-corrected chi connectivity index (χ3v) is 3.01. The number of β-amino-alcohol motifs (C(OH)–C–C–N with tert-alkyl or cyclic N) is 1. The lowest BCUT2D eigenvalue weighted by Crippen LogP contribution is -2.49. The number of likely N-dealkylation sites (N-methyl/N-ethyl adjacent to an activating group) is 2. The lowest BCUT2D eigenvalue weighted by atomic mass is 10.2. The van der Waals surface area contributed by atoms with Crippen LogP contribution in [0.15, 0.2) is 0 Å². The average Bonchev–Trinajstić information content (AvgIpc) is 2.70. The maximum atomic E-state index is 12.1. The molecule has 0 spiro atoms. The smallest absolute Gasteiger partial charge is 0.326 e. The van der Waals surface area contributed by atoms with E-state index in [0.717, 1.165) is 9.80 Å². The molecule has 0 unspecified atom stereocenters. The number of carbonyl (C=O) groups excluding carboxylic acids is 2. The van der Waals surface area contributed by atoms with Crippen LogP contribution in [0.1, 0.15) is 6.42 Å². The highest BCUT2D eigenvalue weighted by Gasteiger charge is 2.40. The Hall–Kier alpha value is -1.83. The van der Waals surface area contributed by atoms with E-state index in [1.165, 1.54) is 11.9 Å². The van der Waals surface area contributed by atoms with Gasteiger partial charge in [-0.25, -0.2) is 9.59 Å². The zero-order valence-corrected chi connectivity index (χ0v) is 11.2. The lowest BCUT2D eigenvalue weighted by molar-refractivity contribution is -0.141. The fourth-order valence-electron chi connectivity index (χ4n) is 1.89. The van der Waals surface area contributed by atoms with Crippen molar-refractivity contribution < 1.29 is 24.6 Å². The van der Waals surface area contributed by atoms with Gasteiger partial charge in [0.05, 0.1) is 6.10 Å². The number of likely N-dealkylation sites (tertiary alicyclic amines) is 1. The molecule has 0 aliphatic carbocycles. The molecule has 0 bridgehead atoms. The second-order valence-electron chi connectivity index (χ2n) is 4.82. The molecule has 1 aliphatic heterocycles. The summed E-state index contributed by atoms with van der Waals surface area (Å²) in [4.78, 5) is 38.2. The van der Waals surface area contributed by atoms with Gasteiger partial charge >= 0.3 is 12.0 Å². The summed E-state index contributed by atoms with van der Waals surface area (Å²) in [5.41, 5.74) is 0. The highest BCUT2D eigenvalue weighted by atomic mass is 16.4. The molecule has 3 amide bonds. The maximum absolute atomic E-state index is 12.1. The number of rotatable bonds is 3. The molecule has 2 atom stereocenters. The van der Waals surface area contributed by atoms with Crippen molar-refractivity contribution in [3.05, 3.63) is 0 Å². The quantitative estimate of drug-likeness (QED) is 0.662. The third kappa shape index (κ3) is 3.57. The van der Waals surface area contributed by atoms with E-state index in [1.54, 1.807) is 14.1 Å². The van der Waals surface area contributed by atoms with Crippen molar-refractivity contribution in [2.75, 3.05) is 34.2 Å². The van der Waals surface area contributed by atoms with Gasteiger partial charge in [0.1, 0.15) is 12.6 Å². The Morgan fingerprint density at radius 1 is 1.26 bits per heavy atom. The zero-order chi connectivity index (χ0) is 14.7. The van der Waals surface area contributed by atoms with Gasteiger partial charge in [0, 0.05) is 34.1 Å². The van der Waals surface area contributed by atoms with E-state index in [4.69, 9.17) is 5.11 Å².